The lowest BCUT2D eigenvalue weighted by Gasteiger charge is -2.27. The Bertz CT molecular complexity index is 545. The first kappa shape index (κ1) is 16.4. The number of aryl methyl sites for hydroxylation is 1. The highest BCUT2D eigenvalue weighted by atomic mass is 16.2. The Labute approximate surface area is 132 Å². The molecule has 6 nitrogen and oxygen atoms in total. The summed E-state index contributed by atoms with van der Waals surface area (Å²) in [6.45, 7) is 8.41. The molecular formula is C16H26N4O2. The molecule has 0 spiro atoms. The maximum Gasteiger partial charge on any atom is 0.317 e. The summed E-state index contributed by atoms with van der Waals surface area (Å²) in [5.41, 5.74) is 0.457. The summed E-state index contributed by atoms with van der Waals surface area (Å²) in [5, 5.41) is 2.98. The first-order valence-corrected chi connectivity index (χ1v) is 7.74. The Morgan fingerprint density at radius 2 is 1.73 bits per heavy atom. The van der Waals surface area contributed by atoms with Gasteiger partial charge in [-0.25, -0.2) is 4.79 Å². The number of rotatable bonds is 1. The molecule has 6 heteroatoms. The van der Waals surface area contributed by atoms with Gasteiger partial charge in [-0.05, 0) is 33.3 Å². The van der Waals surface area contributed by atoms with Crippen LogP contribution in [0.4, 0.5) is 4.79 Å². The molecule has 22 heavy (non-hydrogen) atoms. The molecule has 122 valence electrons. The predicted molar refractivity (Wildman–Crippen MR) is 85.8 cm³/mol. The Hall–Kier alpha value is -1.98. The van der Waals surface area contributed by atoms with Crippen molar-refractivity contribution in [2.24, 2.45) is 7.05 Å². The van der Waals surface area contributed by atoms with Crippen LogP contribution in [0.2, 0.25) is 0 Å². The molecule has 1 aliphatic heterocycles. The van der Waals surface area contributed by atoms with Crippen molar-refractivity contribution < 1.29 is 9.59 Å². The molecule has 0 aliphatic carbocycles. The van der Waals surface area contributed by atoms with Crippen molar-refractivity contribution in [3.63, 3.8) is 0 Å². The van der Waals surface area contributed by atoms with Crippen LogP contribution in [0.15, 0.2) is 18.5 Å². The van der Waals surface area contributed by atoms with E-state index < -0.39 is 0 Å². The minimum Gasteiger partial charge on any atom is -0.356 e. The zero-order chi connectivity index (χ0) is 16.3. The van der Waals surface area contributed by atoms with E-state index in [0.29, 0.717) is 31.7 Å². The highest BCUT2D eigenvalue weighted by Crippen LogP contribution is 2.10. The molecule has 2 heterocycles. The lowest BCUT2D eigenvalue weighted by Crippen LogP contribution is -2.49. The predicted octanol–water partition coefficient (Wildman–Crippen LogP) is 1.68. The van der Waals surface area contributed by atoms with Crippen molar-refractivity contribution in [2.75, 3.05) is 26.2 Å². The molecule has 0 bridgehead atoms. The van der Waals surface area contributed by atoms with Gasteiger partial charge in [-0.2, -0.15) is 0 Å². The van der Waals surface area contributed by atoms with Crippen LogP contribution in [-0.2, 0) is 7.05 Å². The van der Waals surface area contributed by atoms with E-state index in [-0.39, 0.29) is 17.5 Å². The quantitative estimate of drug-likeness (QED) is 0.858. The van der Waals surface area contributed by atoms with E-state index in [2.05, 4.69) is 5.32 Å². The molecule has 1 N–H and O–H groups in total. The standard InChI is InChI=1S/C16H26N4O2/c1-16(2,3)17-15(22)20-8-5-7-19(10-11-20)14(21)13-6-9-18(4)12-13/h6,9,12H,5,7-8,10-11H2,1-4H3,(H,17,22). The Morgan fingerprint density at radius 3 is 2.32 bits per heavy atom. The second-order valence-electron chi connectivity index (χ2n) is 6.88. The minimum absolute atomic E-state index is 0.0404. The zero-order valence-electron chi connectivity index (χ0n) is 13.9. The highest BCUT2D eigenvalue weighted by molar-refractivity contribution is 5.94. The first-order valence-electron chi connectivity index (χ1n) is 7.74. The number of hydrogen-bond acceptors (Lipinski definition) is 2. The molecule has 0 aromatic carbocycles. The lowest BCUT2D eigenvalue weighted by molar-refractivity contribution is 0.0762. The zero-order valence-corrected chi connectivity index (χ0v) is 13.9. The van der Waals surface area contributed by atoms with Gasteiger partial charge in [-0.3, -0.25) is 4.79 Å². The Balaban J connectivity index is 1.95. The Morgan fingerprint density at radius 1 is 1.09 bits per heavy atom. The number of nitrogens with one attached hydrogen (secondary N) is 1. The van der Waals surface area contributed by atoms with Crippen molar-refractivity contribution >= 4 is 11.9 Å². The van der Waals surface area contributed by atoms with Crippen LogP contribution in [0, 0.1) is 0 Å². The van der Waals surface area contributed by atoms with Gasteiger partial charge in [0.05, 0.1) is 5.56 Å². The molecule has 0 radical (unpaired) electrons. The fourth-order valence-corrected chi connectivity index (χ4v) is 2.54. The second-order valence-corrected chi connectivity index (χ2v) is 6.88. The van der Waals surface area contributed by atoms with Gasteiger partial charge >= 0.3 is 6.03 Å². The maximum absolute atomic E-state index is 12.5. The molecule has 3 amide bonds. The van der Waals surface area contributed by atoms with Crippen LogP contribution in [0.25, 0.3) is 0 Å². The van der Waals surface area contributed by atoms with Gasteiger partial charge < -0.3 is 19.7 Å². The summed E-state index contributed by atoms with van der Waals surface area (Å²) in [5.74, 6) is 0.0404. The molecule has 0 atom stereocenters. The average molecular weight is 306 g/mol. The minimum atomic E-state index is -0.247. The van der Waals surface area contributed by atoms with E-state index in [9.17, 15) is 9.59 Å². The molecule has 1 aliphatic rings. The third-order valence-corrected chi connectivity index (χ3v) is 3.63. The van der Waals surface area contributed by atoms with E-state index in [1.165, 1.54) is 0 Å². The molecule has 0 unspecified atom stereocenters. The smallest absolute Gasteiger partial charge is 0.317 e. The normalized spacial score (nSPS) is 16.4. The van der Waals surface area contributed by atoms with Gasteiger partial charge in [0.1, 0.15) is 0 Å². The fraction of sp³-hybridized carbons (Fsp3) is 0.625. The monoisotopic (exact) mass is 306 g/mol. The van der Waals surface area contributed by atoms with Crippen molar-refractivity contribution in [3.8, 4) is 0 Å². The van der Waals surface area contributed by atoms with Gasteiger partial charge in [-0.15, -0.1) is 0 Å². The van der Waals surface area contributed by atoms with Gasteiger partial charge in [0, 0.05) is 51.2 Å². The summed E-state index contributed by atoms with van der Waals surface area (Å²) in [4.78, 5) is 28.3. The number of urea groups is 1. The lowest BCUT2D eigenvalue weighted by atomic mass is 10.1. The van der Waals surface area contributed by atoms with Crippen LogP contribution < -0.4 is 5.32 Å². The summed E-state index contributed by atoms with van der Waals surface area (Å²) in [6.07, 6.45) is 4.50. The molecule has 1 saturated heterocycles. The van der Waals surface area contributed by atoms with Gasteiger partial charge in [0.2, 0.25) is 0 Å². The number of carbonyl (C=O) groups excluding carboxylic acids is 2. The number of aromatic nitrogens is 1. The topological polar surface area (TPSA) is 57.6 Å². The van der Waals surface area contributed by atoms with Crippen molar-refractivity contribution in [1.82, 2.24) is 19.7 Å². The summed E-state index contributed by atoms with van der Waals surface area (Å²) in [6, 6.07) is 1.78. The molecule has 0 saturated carbocycles. The van der Waals surface area contributed by atoms with Crippen LogP contribution in [0.1, 0.15) is 37.6 Å². The highest BCUT2D eigenvalue weighted by Gasteiger charge is 2.25. The van der Waals surface area contributed by atoms with Gasteiger partial charge in [0.15, 0.2) is 0 Å². The maximum atomic E-state index is 12.5. The van der Waals surface area contributed by atoms with Crippen LogP contribution in [0.3, 0.4) is 0 Å². The van der Waals surface area contributed by atoms with Crippen molar-refractivity contribution in [3.05, 3.63) is 24.0 Å². The van der Waals surface area contributed by atoms with E-state index in [0.717, 1.165) is 6.42 Å². The largest absolute Gasteiger partial charge is 0.356 e. The number of nitrogens with zero attached hydrogens (tertiary/aromatic N) is 3. The molecule has 1 aromatic rings. The molecule has 1 fully saturated rings. The number of amides is 3. The van der Waals surface area contributed by atoms with Crippen molar-refractivity contribution in [1.29, 1.82) is 0 Å². The van der Waals surface area contributed by atoms with Gasteiger partial charge in [-0.1, -0.05) is 0 Å². The molecule has 2 rings (SSSR count). The first-order chi connectivity index (χ1) is 10.3. The number of hydrogen-bond donors (Lipinski definition) is 1. The SMILES string of the molecule is Cn1ccc(C(=O)N2CCCN(C(=O)NC(C)(C)C)CC2)c1. The van der Waals surface area contributed by atoms with Crippen LogP contribution in [0.5, 0.6) is 0 Å². The third-order valence-electron chi connectivity index (χ3n) is 3.63. The molecule has 1 aromatic heterocycles. The van der Waals surface area contributed by atoms with E-state index in [1.54, 1.807) is 4.90 Å². The summed E-state index contributed by atoms with van der Waals surface area (Å²) >= 11 is 0. The second kappa shape index (κ2) is 6.42. The summed E-state index contributed by atoms with van der Waals surface area (Å²) < 4.78 is 1.87. The number of carbonyl (C=O) groups is 2. The van der Waals surface area contributed by atoms with Crippen LogP contribution in [-0.4, -0.2) is 58.0 Å². The third kappa shape index (κ3) is 4.26. The van der Waals surface area contributed by atoms with Crippen molar-refractivity contribution in [2.45, 2.75) is 32.7 Å². The van der Waals surface area contributed by atoms with E-state index >= 15 is 0 Å². The van der Waals surface area contributed by atoms with E-state index in [1.807, 2.05) is 55.7 Å². The fourth-order valence-electron chi connectivity index (χ4n) is 2.54. The summed E-state index contributed by atoms with van der Waals surface area (Å²) in [7, 11) is 1.90. The van der Waals surface area contributed by atoms with Gasteiger partial charge in [0.25, 0.3) is 5.91 Å². The molecular weight excluding hydrogens is 280 g/mol. The van der Waals surface area contributed by atoms with E-state index in [4.69, 9.17) is 0 Å². The average Bonchev–Trinajstić information content (AvgIpc) is 2.70. The van der Waals surface area contributed by atoms with Crippen LogP contribution >= 0.6 is 0 Å². The Kier molecular flexibility index (Phi) is 4.78.